The first-order chi connectivity index (χ1) is 15.6. The Hall–Kier alpha value is -2.58. The highest BCUT2D eigenvalue weighted by Gasteiger charge is 2.42. The van der Waals surface area contributed by atoms with Gasteiger partial charge in [0.1, 0.15) is 5.41 Å². The average molecular weight is 477 g/mol. The number of benzene rings is 3. The van der Waals surface area contributed by atoms with Crippen LogP contribution in [0.25, 0.3) is 0 Å². The Morgan fingerprint density at radius 3 is 1.76 bits per heavy atom. The molecule has 1 aliphatic rings. The number of nitriles is 1. The summed E-state index contributed by atoms with van der Waals surface area (Å²) in [5, 5.41) is 10.3. The predicted molar refractivity (Wildman–Crippen MR) is 139 cm³/mol. The molecule has 3 aromatic carbocycles. The van der Waals surface area contributed by atoms with E-state index in [2.05, 4.69) is 23.6 Å². The Morgan fingerprint density at radius 2 is 1.33 bits per heavy atom. The van der Waals surface area contributed by atoms with Crippen LogP contribution in [-0.2, 0) is 15.6 Å². The van der Waals surface area contributed by atoms with Gasteiger partial charge >= 0.3 is 0 Å². The molecular formula is C28H29ClN2OS. The molecule has 0 saturated carbocycles. The van der Waals surface area contributed by atoms with E-state index in [0.717, 1.165) is 49.2 Å². The Bertz CT molecular complexity index is 1040. The standard InChI is InChI=1S/C28H28N2OS.ClH/c29-22-28(24-12-6-2-7-13-24,25-14-8-3-9-15-25)18-21-30-19-16-27(17-20-30,26(31)32)23-10-4-1-5-11-23;/h1-15H,16-21H2,(H,31,32);1H. The number of hydrogen-bond acceptors (Lipinski definition) is 3. The fourth-order valence-electron chi connectivity index (χ4n) is 4.95. The van der Waals surface area contributed by atoms with E-state index < -0.39 is 10.8 Å². The number of carbonyl (C=O) groups excluding carboxylic acids is 1. The lowest BCUT2D eigenvalue weighted by Crippen LogP contribution is -2.47. The molecule has 33 heavy (non-hydrogen) atoms. The van der Waals surface area contributed by atoms with Crippen LogP contribution in [0.3, 0.4) is 0 Å². The van der Waals surface area contributed by atoms with E-state index in [1.54, 1.807) is 0 Å². The van der Waals surface area contributed by atoms with Gasteiger partial charge in [0.05, 0.1) is 11.5 Å². The molecule has 4 rings (SSSR count). The molecule has 3 nitrogen and oxygen atoms in total. The van der Waals surface area contributed by atoms with E-state index in [1.165, 1.54) is 0 Å². The molecule has 0 unspecified atom stereocenters. The molecule has 3 aromatic rings. The first-order valence-corrected chi connectivity index (χ1v) is 11.6. The van der Waals surface area contributed by atoms with Crippen LogP contribution in [0.15, 0.2) is 91.0 Å². The van der Waals surface area contributed by atoms with E-state index in [-0.39, 0.29) is 17.5 Å². The lowest BCUT2D eigenvalue weighted by molar-refractivity contribution is -0.117. The van der Waals surface area contributed by atoms with Crippen LogP contribution < -0.4 is 0 Å². The third-order valence-corrected chi connectivity index (χ3v) is 7.40. The molecule has 0 atom stereocenters. The lowest BCUT2D eigenvalue weighted by Gasteiger charge is -2.41. The summed E-state index contributed by atoms with van der Waals surface area (Å²) in [5.74, 6) is 0. The molecule has 0 spiro atoms. The minimum absolute atomic E-state index is 0. The van der Waals surface area contributed by atoms with Gasteiger partial charge in [0, 0.05) is 6.54 Å². The lowest BCUT2D eigenvalue weighted by atomic mass is 9.72. The van der Waals surface area contributed by atoms with E-state index in [0.29, 0.717) is 6.42 Å². The van der Waals surface area contributed by atoms with Crippen LogP contribution in [0.5, 0.6) is 0 Å². The summed E-state index contributed by atoms with van der Waals surface area (Å²) in [7, 11) is 0. The number of halogens is 1. The van der Waals surface area contributed by atoms with Crippen LogP contribution in [-0.4, -0.2) is 29.6 Å². The smallest absolute Gasteiger partial charge is 0.196 e. The van der Waals surface area contributed by atoms with E-state index in [4.69, 9.17) is 0 Å². The Labute approximate surface area is 208 Å². The van der Waals surface area contributed by atoms with Gasteiger partial charge in [-0.1, -0.05) is 91.0 Å². The summed E-state index contributed by atoms with van der Waals surface area (Å²) >= 11 is 4.28. The van der Waals surface area contributed by atoms with Gasteiger partial charge in [0.2, 0.25) is 0 Å². The summed E-state index contributed by atoms with van der Waals surface area (Å²) in [6.45, 7) is 2.42. The third-order valence-electron chi connectivity index (χ3n) is 6.97. The first kappa shape index (κ1) is 25.1. The van der Waals surface area contributed by atoms with Gasteiger partial charge in [-0.3, -0.25) is 4.79 Å². The first-order valence-electron chi connectivity index (χ1n) is 11.1. The molecule has 1 saturated heterocycles. The van der Waals surface area contributed by atoms with Crippen molar-refractivity contribution in [1.29, 1.82) is 5.26 Å². The van der Waals surface area contributed by atoms with Crippen molar-refractivity contribution >= 4 is 30.2 Å². The second kappa shape index (κ2) is 11.0. The zero-order chi connectivity index (χ0) is 22.4. The zero-order valence-corrected chi connectivity index (χ0v) is 20.3. The molecule has 170 valence electrons. The number of thiol groups is 1. The molecule has 0 amide bonds. The molecule has 0 aliphatic carbocycles. The zero-order valence-electron chi connectivity index (χ0n) is 18.6. The van der Waals surface area contributed by atoms with Gasteiger partial charge in [0.25, 0.3) is 0 Å². The molecule has 0 N–H and O–H groups in total. The molecule has 1 aliphatic heterocycles. The molecule has 1 heterocycles. The maximum absolute atomic E-state index is 12.6. The number of nitrogens with zero attached hydrogens (tertiary/aromatic N) is 2. The molecule has 0 aromatic heterocycles. The van der Waals surface area contributed by atoms with Crippen LogP contribution in [0.1, 0.15) is 36.0 Å². The van der Waals surface area contributed by atoms with Crippen molar-refractivity contribution in [3.8, 4) is 6.07 Å². The van der Waals surface area contributed by atoms with Crippen LogP contribution in [0.2, 0.25) is 0 Å². The number of hydrogen-bond donors (Lipinski definition) is 1. The molecular weight excluding hydrogens is 448 g/mol. The minimum Gasteiger partial charge on any atom is -0.303 e. The highest BCUT2D eigenvalue weighted by molar-refractivity contribution is 7.96. The van der Waals surface area contributed by atoms with E-state index in [9.17, 15) is 10.1 Å². The van der Waals surface area contributed by atoms with Crippen molar-refractivity contribution < 1.29 is 4.79 Å². The predicted octanol–water partition coefficient (Wildman–Crippen LogP) is 5.80. The Balaban J connectivity index is 0.00000306. The highest BCUT2D eigenvalue weighted by Crippen LogP contribution is 2.39. The maximum atomic E-state index is 12.6. The fraction of sp³-hybridized carbons (Fsp3) is 0.286. The van der Waals surface area contributed by atoms with Crippen LogP contribution in [0.4, 0.5) is 0 Å². The summed E-state index contributed by atoms with van der Waals surface area (Å²) in [5.41, 5.74) is 1.88. The summed E-state index contributed by atoms with van der Waals surface area (Å²) in [4.78, 5) is 14.9. The minimum atomic E-state index is -0.699. The maximum Gasteiger partial charge on any atom is 0.196 e. The second-order valence-electron chi connectivity index (χ2n) is 8.59. The van der Waals surface area contributed by atoms with Gasteiger partial charge < -0.3 is 4.90 Å². The van der Waals surface area contributed by atoms with Gasteiger partial charge in [-0.05, 0) is 49.0 Å². The quantitative estimate of drug-likeness (QED) is 0.438. The third kappa shape index (κ3) is 5.01. The monoisotopic (exact) mass is 476 g/mol. The largest absolute Gasteiger partial charge is 0.303 e. The normalized spacial score (nSPS) is 15.8. The van der Waals surface area contributed by atoms with Gasteiger partial charge in [0.15, 0.2) is 5.12 Å². The van der Waals surface area contributed by atoms with Crippen molar-refractivity contribution in [2.24, 2.45) is 0 Å². The van der Waals surface area contributed by atoms with Crippen molar-refractivity contribution in [1.82, 2.24) is 4.90 Å². The van der Waals surface area contributed by atoms with E-state index in [1.807, 2.05) is 91.0 Å². The average Bonchev–Trinajstić information content (AvgIpc) is 2.87. The molecule has 0 radical (unpaired) electrons. The van der Waals surface area contributed by atoms with Crippen molar-refractivity contribution in [3.05, 3.63) is 108 Å². The van der Waals surface area contributed by atoms with Crippen molar-refractivity contribution in [2.45, 2.75) is 30.1 Å². The molecule has 0 bridgehead atoms. The van der Waals surface area contributed by atoms with Crippen molar-refractivity contribution in [3.63, 3.8) is 0 Å². The van der Waals surface area contributed by atoms with Crippen LogP contribution >= 0.6 is 25.0 Å². The summed E-state index contributed by atoms with van der Waals surface area (Å²) in [6, 6.07) is 32.8. The topological polar surface area (TPSA) is 44.1 Å². The summed E-state index contributed by atoms with van der Waals surface area (Å²) < 4.78 is 0. The van der Waals surface area contributed by atoms with Gasteiger partial charge in [-0.15, -0.1) is 25.0 Å². The number of likely N-dealkylation sites (tertiary alicyclic amines) is 1. The van der Waals surface area contributed by atoms with E-state index >= 15 is 0 Å². The Kier molecular flexibility index (Phi) is 8.37. The second-order valence-corrected chi connectivity index (χ2v) is 9.00. The van der Waals surface area contributed by atoms with Gasteiger partial charge in [-0.25, -0.2) is 0 Å². The Morgan fingerprint density at radius 1 is 0.879 bits per heavy atom. The number of carbonyl (C=O) groups is 1. The number of piperidine rings is 1. The SMILES string of the molecule is Cl.N#CC(CCN1CCC(C(=O)S)(c2ccccc2)CC1)(c1ccccc1)c1ccccc1. The van der Waals surface area contributed by atoms with Gasteiger partial charge in [-0.2, -0.15) is 5.26 Å². The van der Waals surface area contributed by atoms with Crippen molar-refractivity contribution in [2.75, 3.05) is 19.6 Å². The summed E-state index contributed by atoms with van der Waals surface area (Å²) in [6.07, 6.45) is 2.19. The number of rotatable bonds is 7. The fourth-order valence-corrected chi connectivity index (χ4v) is 5.31. The molecule has 5 heteroatoms. The van der Waals surface area contributed by atoms with Crippen LogP contribution in [0, 0.1) is 11.3 Å². The highest BCUT2D eigenvalue weighted by atomic mass is 35.5. The molecule has 1 fully saturated rings.